The summed E-state index contributed by atoms with van der Waals surface area (Å²) in [5.74, 6) is 1.14. The quantitative estimate of drug-likeness (QED) is 0.294. The molecule has 1 saturated heterocycles. The monoisotopic (exact) mass is 491 g/mol. The molecule has 2 aromatic heterocycles. The molecule has 1 fully saturated rings. The van der Waals surface area contributed by atoms with Crippen LogP contribution in [0.5, 0.6) is 0 Å². The van der Waals surface area contributed by atoms with Crippen LogP contribution in [-0.2, 0) is 0 Å². The Bertz CT molecular complexity index is 1290. The lowest BCUT2D eigenvalue weighted by atomic mass is 9.97. The first-order chi connectivity index (χ1) is 16.6. The van der Waals surface area contributed by atoms with E-state index in [0.29, 0.717) is 5.02 Å². The van der Waals surface area contributed by atoms with Crippen molar-refractivity contribution in [3.8, 4) is 22.4 Å². The molecule has 5 nitrogen and oxygen atoms in total. The molecule has 176 valence electrons. The van der Waals surface area contributed by atoms with E-state index in [0.717, 1.165) is 71.0 Å². The van der Waals surface area contributed by atoms with E-state index in [1.165, 1.54) is 11.3 Å². The molecule has 0 aliphatic carbocycles. The SMILES string of the molecule is CCSN1CCN(c2ccc(-c3[nH]c4nccc(Cl)c4c3-c3ccc(C)c(NC)c3)cc2)CC1. The van der Waals surface area contributed by atoms with Crippen LogP contribution in [0.2, 0.25) is 5.02 Å². The molecule has 4 aromatic rings. The van der Waals surface area contributed by atoms with Gasteiger partial charge in [-0.05, 0) is 47.9 Å². The molecule has 0 amide bonds. The lowest BCUT2D eigenvalue weighted by Gasteiger charge is -2.35. The third-order valence-corrected chi connectivity index (χ3v) is 7.81. The Kier molecular flexibility index (Phi) is 6.73. The third-order valence-electron chi connectivity index (χ3n) is 6.51. The molecule has 34 heavy (non-hydrogen) atoms. The Morgan fingerprint density at radius 2 is 1.76 bits per heavy atom. The largest absolute Gasteiger partial charge is 0.388 e. The first-order valence-electron chi connectivity index (χ1n) is 11.8. The molecule has 2 aromatic carbocycles. The highest BCUT2D eigenvalue weighted by molar-refractivity contribution is 7.96. The van der Waals surface area contributed by atoms with Crippen LogP contribution in [0.1, 0.15) is 12.5 Å². The lowest BCUT2D eigenvalue weighted by molar-refractivity contribution is 0.430. The predicted octanol–water partition coefficient (Wildman–Crippen LogP) is 6.69. The first kappa shape index (κ1) is 23.1. The molecule has 7 heteroatoms. The van der Waals surface area contributed by atoms with Gasteiger partial charge in [0.2, 0.25) is 0 Å². The molecule has 0 radical (unpaired) electrons. The maximum Gasteiger partial charge on any atom is 0.139 e. The van der Waals surface area contributed by atoms with Crippen molar-refractivity contribution in [3.05, 3.63) is 65.3 Å². The summed E-state index contributed by atoms with van der Waals surface area (Å²) in [4.78, 5) is 10.6. The van der Waals surface area contributed by atoms with Crippen LogP contribution < -0.4 is 10.2 Å². The minimum Gasteiger partial charge on any atom is -0.388 e. The Morgan fingerprint density at radius 3 is 2.47 bits per heavy atom. The van der Waals surface area contributed by atoms with Gasteiger partial charge in [-0.15, -0.1) is 0 Å². The summed E-state index contributed by atoms with van der Waals surface area (Å²) in [6.07, 6.45) is 1.75. The standard InChI is InChI=1S/C27H30ClN5S/c1-4-34-33-15-13-32(14-16-33)21-9-7-19(8-10-21)26-24(20-6-5-18(2)23(17-20)29-3)25-22(28)11-12-30-27(25)31-26/h5-12,17,29H,4,13-16H2,1-3H3,(H,30,31). The fraction of sp³-hybridized carbons (Fsp3) is 0.296. The zero-order valence-corrected chi connectivity index (χ0v) is 21.4. The van der Waals surface area contributed by atoms with Crippen LogP contribution in [0, 0.1) is 6.92 Å². The number of H-pyrrole nitrogens is 1. The van der Waals surface area contributed by atoms with Crippen LogP contribution in [0.3, 0.4) is 0 Å². The number of nitrogens with one attached hydrogen (secondary N) is 2. The Balaban J connectivity index is 1.53. The van der Waals surface area contributed by atoms with E-state index in [1.54, 1.807) is 6.20 Å². The summed E-state index contributed by atoms with van der Waals surface area (Å²) >= 11 is 8.63. The number of aromatic nitrogens is 2. The topological polar surface area (TPSA) is 47.2 Å². The van der Waals surface area contributed by atoms with Gasteiger partial charge in [0.25, 0.3) is 0 Å². The summed E-state index contributed by atoms with van der Waals surface area (Å²) in [5, 5.41) is 4.96. The van der Waals surface area contributed by atoms with Crippen molar-refractivity contribution >= 4 is 46.0 Å². The van der Waals surface area contributed by atoms with Crippen molar-refractivity contribution in [1.82, 2.24) is 14.3 Å². The van der Waals surface area contributed by atoms with Crippen LogP contribution in [0.15, 0.2) is 54.7 Å². The van der Waals surface area contributed by atoms with Gasteiger partial charge in [-0.25, -0.2) is 9.29 Å². The van der Waals surface area contributed by atoms with Crippen LogP contribution in [-0.4, -0.2) is 53.3 Å². The van der Waals surface area contributed by atoms with Gasteiger partial charge >= 0.3 is 0 Å². The smallest absolute Gasteiger partial charge is 0.139 e. The second-order valence-electron chi connectivity index (χ2n) is 8.55. The number of fused-ring (bicyclic) bond motifs is 1. The van der Waals surface area contributed by atoms with E-state index < -0.39 is 0 Å². The highest BCUT2D eigenvalue weighted by Gasteiger charge is 2.20. The molecule has 0 atom stereocenters. The molecular formula is C27H30ClN5S. The number of rotatable bonds is 6. The van der Waals surface area contributed by atoms with E-state index in [1.807, 2.05) is 25.1 Å². The van der Waals surface area contributed by atoms with Crippen molar-refractivity contribution in [2.75, 3.05) is 49.2 Å². The van der Waals surface area contributed by atoms with Crippen molar-refractivity contribution in [2.24, 2.45) is 0 Å². The highest BCUT2D eigenvalue weighted by Crippen LogP contribution is 2.42. The number of aryl methyl sites for hydroxylation is 1. The van der Waals surface area contributed by atoms with Crippen molar-refractivity contribution in [2.45, 2.75) is 13.8 Å². The maximum atomic E-state index is 6.69. The number of piperazine rings is 1. The summed E-state index contributed by atoms with van der Waals surface area (Å²) in [5.41, 5.74) is 8.75. The van der Waals surface area contributed by atoms with Gasteiger partial charge in [0.15, 0.2) is 0 Å². The van der Waals surface area contributed by atoms with E-state index >= 15 is 0 Å². The molecule has 2 N–H and O–H groups in total. The number of halogens is 1. The number of aromatic amines is 1. The molecule has 0 bridgehead atoms. The summed E-state index contributed by atoms with van der Waals surface area (Å²) in [7, 11) is 1.95. The number of pyridine rings is 1. The average Bonchev–Trinajstić information content (AvgIpc) is 3.26. The second kappa shape index (κ2) is 9.90. The van der Waals surface area contributed by atoms with Gasteiger partial charge < -0.3 is 15.2 Å². The third kappa shape index (κ3) is 4.38. The van der Waals surface area contributed by atoms with E-state index in [4.69, 9.17) is 11.6 Å². The van der Waals surface area contributed by atoms with Gasteiger partial charge in [-0.1, -0.05) is 54.7 Å². The molecule has 3 heterocycles. The van der Waals surface area contributed by atoms with Crippen LogP contribution in [0.4, 0.5) is 11.4 Å². The van der Waals surface area contributed by atoms with Gasteiger partial charge in [0, 0.05) is 67.5 Å². The van der Waals surface area contributed by atoms with Crippen molar-refractivity contribution < 1.29 is 0 Å². The summed E-state index contributed by atoms with van der Waals surface area (Å²) < 4.78 is 2.47. The molecule has 0 spiro atoms. The summed E-state index contributed by atoms with van der Waals surface area (Å²) in [6, 6.07) is 17.2. The van der Waals surface area contributed by atoms with Crippen molar-refractivity contribution in [1.29, 1.82) is 0 Å². The second-order valence-corrected chi connectivity index (χ2v) is 10.3. The summed E-state index contributed by atoms with van der Waals surface area (Å²) in [6.45, 7) is 8.63. The molecule has 0 unspecified atom stereocenters. The van der Waals surface area contributed by atoms with E-state index in [-0.39, 0.29) is 0 Å². The Hall–Kier alpha value is -2.67. The first-order valence-corrected chi connectivity index (χ1v) is 13.1. The number of benzene rings is 2. The number of anilines is 2. The lowest BCUT2D eigenvalue weighted by Crippen LogP contribution is -2.43. The predicted molar refractivity (Wildman–Crippen MR) is 148 cm³/mol. The zero-order valence-electron chi connectivity index (χ0n) is 19.9. The molecule has 1 aliphatic rings. The number of nitrogens with zero attached hydrogens (tertiary/aromatic N) is 3. The van der Waals surface area contributed by atoms with E-state index in [9.17, 15) is 0 Å². The normalized spacial score (nSPS) is 14.6. The Labute approximate surface area is 210 Å². The minimum absolute atomic E-state index is 0.702. The van der Waals surface area contributed by atoms with E-state index in [2.05, 4.69) is 80.8 Å². The number of hydrogen-bond donors (Lipinski definition) is 2. The minimum atomic E-state index is 0.702. The van der Waals surface area contributed by atoms with Crippen LogP contribution in [0.25, 0.3) is 33.4 Å². The Morgan fingerprint density at radius 1 is 1.03 bits per heavy atom. The van der Waals surface area contributed by atoms with Crippen LogP contribution >= 0.6 is 23.5 Å². The van der Waals surface area contributed by atoms with Gasteiger partial charge in [-0.2, -0.15) is 0 Å². The van der Waals surface area contributed by atoms with Gasteiger partial charge in [-0.3, -0.25) is 0 Å². The molecule has 5 rings (SSSR count). The molecular weight excluding hydrogens is 462 g/mol. The fourth-order valence-corrected chi connectivity index (χ4v) is 5.75. The highest BCUT2D eigenvalue weighted by atomic mass is 35.5. The van der Waals surface area contributed by atoms with Gasteiger partial charge in [0.1, 0.15) is 5.65 Å². The maximum absolute atomic E-state index is 6.69. The number of hydrogen-bond acceptors (Lipinski definition) is 5. The fourth-order valence-electron chi connectivity index (χ4n) is 4.73. The zero-order chi connectivity index (χ0) is 23.7. The molecule has 0 saturated carbocycles. The molecule has 1 aliphatic heterocycles. The van der Waals surface area contributed by atoms with Gasteiger partial charge in [0.05, 0.1) is 10.7 Å². The average molecular weight is 492 g/mol. The van der Waals surface area contributed by atoms with Crippen molar-refractivity contribution in [3.63, 3.8) is 0 Å².